The number of nitrogens with zero attached hydrogens (tertiary/aromatic N) is 1. The number of halogens is 1. The van der Waals surface area contributed by atoms with Crippen molar-refractivity contribution in [3.63, 3.8) is 0 Å². The van der Waals surface area contributed by atoms with Crippen LogP contribution in [0.5, 0.6) is 0 Å². The third-order valence-electron chi connectivity index (χ3n) is 5.65. The van der Waals surface area contributed by atoms with Gasteiger partial charge in [-0.15, -0.1) is 11.8 Å². The number of hydrogen-bond donors (Lipinski definition) is 2. The molecule has 1 saturated heterocycles. The minimum absolute atomic E-state index is 0.0226. The van der Waals surface area contributed by atoms with Gasteiger partial charge >= 0.3 is 0 Å². The number of benzene rings is 2. The van der Waals surface area contributed by atoms with Gasteiger partial charge in [0, 0.05) is 20.5 Å². The van der Waals surface area contributed by atoms with Crippen LogP contribution in [0.15, 0.2) is 47.4 Å². The SMILES string of the molecule is Cc1ccc(S[C@]2(C(=O)NC(C)C)CC(=O)N(C(C)C)[C@@H]2c2ccc(CO)cc2I)cc1. The van der Waals surface area contributed by atoms with Gasteiger partial charge in [-0.25, -0.2) is 0 Å². The maximum atomic E-state index is 13.8. The Labute approximate surface area is 208 Å². The predicted molar refractivity (Wildman–Crippen MR) is 137 cm³/mol. The van der Waals surface area contributed by atoms with Crippen LogP contribution in [0.3, 0.4) is 0 Å². The number of thioether (sulfide) groups is 1. The van der Waals surface area contributed by atoms with E-state index < -0.39 is 10.8 Å². The van der Waals surface area contributed by atoms with Gasteiger partial charge in [0.15, 0.2) is 0 Å². The molecule has 0 spiro atoms. The number of aliphatic hydroxyl groups is 1. The summed E-state index contributed by atoms with van der Waals surface area (Å²) in [4.78, 5) is 30.0. The summed E-state index contributed by atoms with van der Waals surface area (Å²) in [6.07, 6.45) is 0.130. The molecule has 2 aromatic carbocycles. The Morgan fingerprint density at radius 1 is 1.22 bits per heavy atom. The van der Waals surface area contributed by atoms with Gasteiger partial charge in [-0.3, -0.25) is 9.59 Å². The van der Waals surface area contributed by atoms with Crippen molar-refractivity contribution in [2.75, 3.05) is 0 Å². The lowest BCUT2D eigenvalue weighted by Crippen LogP contribution is -2.51. The molecule has 0 aromatic heterocycles. The molecule has 3 rings (SSSR count). The first-order valence-electron chi connectivity index (χ1n) is 10.9. The van der Waals surface area contributed by atoms with Gasteiger partial charge in [0.2, 0.25) is 11.8 Å². The van der Waals surface area contributed by atoms with E-state index in [1.54, 1.807) is 0 Å². The summed E-state index contributed by atoms with van der Waals surface area (Å²) in [5.74, 6) is -0.146. The second-order valence-electron chi connectivity index (χ2n) is 8.92. The molecule has 2 N–H and O–H groups in total. The number of nitrogens with one attached hydrogen (secondary N) is 1. The lowest BCUT2D eigenvalue weighted by molar-refractivity contribution is -0.130. The number of carbonyl (C=O) groups excluding carboxylic acids is 2. The molecule has 0 radical (unpaired) electrons. The average molecular weight is 567 g/mol. The van der Waals surface area contributed by atoms with Gasteiger partial charge in [0.25, 0.3) is 0 Å². The van der Waals surface area contributed by atoms with E-state index in [2.05, 4.69) is 27.9 Å². The highest BCUT2D eigenvalue weighted by molar-refractivity contribution is 14.1. The van der Waals surface area contributed by atoms with Crippen LogP contribution in [0.1, 0.15) is 56.8 Å². The highest BCUT2D eigenvalue weighted by atomic mass is 127. The minimum atomic E-state index is -1.01. The molecule has 1 fully saturated rings. The standard InChI is InChI=1S/C25H31IN2O3S/c1-15(2)27-24(31)25(32-19-9-6-17(5)7-10-19)13-22(30)28(16(3)4)23(25)20-11-8-18(14-29)12-21(20)26/h6-12,15-16,23,29H,13-14H2,1-5H3,(H,27,31)/t23-,25-/m1/s1. The van der Waals surface area contributed by atoms with E-state index in [1.165, 1.54) is 11.8 Å². The average Bonchev–Trinajstić information content (AvgIpc) is 3.02. The van der Waals surface area contributed by atoms with Crippen molar-refractivity contribution in [2.45, 2.75) is 75.4 Å². The van der Waals surface area contributed by atoms with Crippen molar-refractivity contribution in [2.24, 2.45) is 0 Å². The Kier molecular flexibility index (Phi) is 7.93. The van der Waals surface area contributed by atoms with E-state index >= 15 is 0 Å². The van der Waals surface area contributed by atoms with Crippen LogP contribution in [-0.4, -0.2) is 38.7 Å². The van der Waals surface area contributed by atoms with Gasteiger partial charge in [0.1, 0.15) is 4.75 Å². The smallest absolute Gasteiger partial charge is 0.239 e. The molecule has 2 atom stereocenters. The Hall–Kier alpha value is -1.58. The first-order chi connectivity index (χ1) is 15.1. The maximum Gasteiger partial charge on any atom is 0.239 e. The van der Waals surface area contributed by atoms with Crippen LogP contribution in [0.4, 0.5) is 0 Å². The maximum absolute atomic E-state index is 13.8. The number of aliphatic hydroxyl groups excluding tert-OH is 1. The zero-order valence-corrected chi connectivity index (χ0v) is 22.2. The molecule has 2 amide bonds. The summed E-state index contributed by atoms with van der Waals surface area (Å²) in [5, 5.41) is 12.7. The van der Waals surface area contributed by atoms with Crippen molar-refractivity contribution in [3.8, 4) is 0 Å². The quantitative estimate of drug-likeness (QED) is 0.472. The summed E-state index contributed by atoms with van der Waals surface area (Å²) >= 11 is 3.73. The molecule has 1 aliphatic rings. The topological polar surface area (TPSA) is 69.6 Å². The van der Waals surface area contributed by atoms with Gasteiger partial charge < -0.3 is 15.3 Å². The molecule has 0 aliphatic carbocycles. The van der Waals surface area contributed by atoms with Crippen LogP contribution < -0.4 is 5.32 Å². The Morgan fingerprint density at radius 3 is 2.41 bits per heavy atom. The largest absolute Gasteiger partial charge is 0.392 e. The summed E-state index contributed by atoms with van der Waals surface area (Å²) in [6, 6.07) is 13.3. The number of rotatable bonds is 7. The number of amides is 2. The minimum Gasteiger partial charge on any atom is -0.392 e. The van der Waals surface area contributed by atoms with Gasteiger partial charge in [-0.2, -0.15) is 0 Å². The monoisotopic (exact) mass is 566 g/mol. The second kappa shape index (κ2) is 10.1. The molecule has 1 heterocycles. The van der Waals surface area contributed by atoms with Crippen LogP contribution in [0.25, 0.3) is 0 Å². The van der Waals surface area contributed by atoms with Crippen molar-refractivity contribution in [1.82, 2.24) is 10.2 Å². The van der Waals surface area contributed by atoms with E-state index in [1.807, 2.05) is 82.0 Å². The lowest BCUT2D eigenvalue weighted by Gasteiger charge is -2.39. The number of likely N-dealkylation sites (tertiary alicyclic amines) is 1. The zero-order chi connectivity index (χ0) is 23.6. The predicted octanol–water partition coefficient (Wildman–Crippen LogP) is 4.83. The van der Waals surface area contributed by atoms with Crippen molar-refractivity contribution < 1.29 is 14.7 Å². The van der Waals surface area contributed by atoms with Gasteiger partial charge in [0.05, 0.1) is 19.1 Å². The lowest BCUT2D eigenvalue weighted by atomic mass is 9.90. The summed E-state index contributed by atoms with van der Waals surface area (Å²) in [5.41, 5.74) is 2.88. The van der Waals surface area contributed by atoms with E-state index in [9.17, 15) is 14.7 Å². The first-order valence-corrected chi connectivity index (χ1v) is 12.8. The number of aryl methyl sites for hydroxylation is 1. The molecule has 2 aromatic rings. The van der Waals surface area contributed by atoms with E-state index in [0.29, 0.717) is 0 Å². The molecular weight excluding hydrogens is 535 g/mol. The van der Waals surface area contributed by atoms with Crippen LogP contribution in [0, 0.1) is 10.5 Å². The van der Waals surface area contributed by atoms with Crippen molar-refractivity contribution >= 4 is 46.2 Å². The molecule has 172 valence electrons. The first kappa shape index (κ1) is 25.1. The Bertz CT molecular complexity index is 993. The molecule has 0 saturated carbocycles. The molecule has 1 aliphatic heterocycles. The summed E-state index contributed by atoms with van der Waals surface area (Å²) in [7, 11) is 0. The molecule has 32 heavy (non-hydrogen) atoms. The highest BCUT2D eigenvalue weighted by Gasteiger charge is 2.59. The van der Waals surface area contributed by atoms with Crippen molar-refractivity contribution in [3.05, 3.63) is 62.7 Å². The van der Waals surface area contributed by atoms with E-state index in [-0.39, 0.29) is 36.9 Å². The molecular formula is C25H31IN2O3S. The second-order valence-corrected chi connectivity index (χ2v) is 11.5. The normalized spacial score (nSPS) is 21.0. The third kappa shape index (κ3) is 4.99. The van der Waals surface area contributed by atoms with Crippen LogP contribution >= 0.6 is 34.4 Å². The van der Waals surface area contributed by atoms with Crippen molar-refractivity contribution in [1.29, 1.82) is 0 Å². The molecule has 7 heteroatoms. The Morgan fingerprint density at radius 2 is 1.88 bits per heavy atom. The third-order valence-corrected chi connectivity index (χ3v) is 8.00. The summed E-state index contributed by atoms with van der Waals surface area (Å²) in [6.45, 7) is 9.84. The van der Waals surface area contributed by atoms with Crippen LogP contribution in [-0.2, 0) is 16.2 Å². The molecule has 0 unspecified atom stereocenters. The number of hydrogen-bond acceptors (Lipinski definition) is 4. The fraction of sp³-hybridized carbons (Fsp3) is 0.440. The number of carbonyl (C=O) groups is 2. The highest BCUT2D eigenvalue weighted by Crippen LogP contribution is 2.54. The fourth-order valence-corrected chi connectivity index (χ4v) is 6.47. The fourth-order valence-electron chi connectivity index (χ4n) is 4.20. The van der Waals surface area contributed by atoms with E-state index in [0.717, 1.165) is 25.2 Å². The van der Waals surface area contributed by atoms with Gasteiger partial charge in [-0.1, -0.05) is 29.8 Å². The van der Waals surface area contributed by atoms with Crippen LogP contribution in [0.2, 0.25) is 0 Å². The van der Waals surface area contributed by atoms with Gasteiger partial charge in [-0.05, 0) is 86.5 Å². The Balaban J connectivity index is 2.21. The zero-order valence-electron chi connectivity index (χ0n) is 19.2. The van der Waals surface area contributed by atoms with E-state index in [4.69, 9.17) is 0 Å². The summed E-state index contributed by atoms with van der Waals surface area (Å²) < 4.78 is -0.0765. The molecule has 0 bridgehead atoms. The molecule has 5 nitrogen and oxygen atoms in total.